The van der Waals surface area contributed by atoms with Crippen LogP contribution in [0.25, 0.3) is 11.0 Å². The molecule has 17 heavy (non-hydrogen) atoms. The normalized spacial score (nSPS) is 11.1. The molecule has 3 aromatic rings. The Balaban J connectivity index is 1.83. The maximum Gasteiger partial charge on any atom is 0.176 e. The number of imidazole rings is 1. The molecule has 2 aromatic heterocycles. The maximum atomic E-state index is 5.01. The first-order valence-electron chi connectivity index (χ1n) is 5.27. The van der Waals surface area contributed by atoms with E-state index in [9.17, 15) is 0 Å². The summed E-state index contributed by atoms with van der Waals surface area (Å²) in [6.07, 6.45) is 2.74. The molecule has 86 valence electrons. The molecule has 0 saturated heterocycles. The van der Waals surface area contributed by atoms with Crippen molar-refractivity contribution in [3.8, 4) is 0 Å². The molecule has 0 bridgehead atoms. The summed E-state index contributed by atoms with van der Waals surface area (Å²) in [7, 11) is 0. The van der Waals surface area contributed by atoms with Gasteiger partial charge in [0.15, 0.2) is 3.95 Å². The third kappa shape index (κ3) is 2.13. The molecule has 0 amide bonds. The average molecular weight is 262 g/mol. The Hall–Kier alpha value is -1.53. The number of aryl methyl sites for hydroxylation is 2. The van der Waals surface area contributed by atoms with Crippen molar-refractivity contribution in [1.29, 1.82) is 0 Å². The zero-order chi connectivity index (χ0) is 11.7. The van der Waals surface area contributed by atoms with Crippen molar-refractivity contribution in [2.24, 2.45) is 0 Å². The molecule has 3 rings (SSSR count). The van der Waals surface area contributed by atoms with Gasteiger partial charge in [-0.15, -0.1) is 0 Å². The largest absolute Gasteiger partial charge is 0.330 e. The van der Waals surface area contributed by atoms with Crippen molar-refractivity contribution in [2.45, 2.75) is 13.0 Å². The quantitative estimate of drug-likeness (QED) is 0.738. The van der Waals surface area contributed by atoms with Gasteiger partial charge in [-0.1, -0.05) is 23.5 Å². The van der Waals surface area contributed by atoms with Crippen LogP contribution < -0.4 is 0 Å². The van der Waals surface area contributed by atoms with Gasteiger partial charge in [0.05, 0.1) is 17.4 Å². The first kappa shape index (κ1) is 10.6. The molecule has 0 atom stereocenters. The van der Waals surface area contributed by atoms with Crippen LogP contribution in [0.4, 0.5) is 0 Å². The van der Waals surface area contributed by atoms with Crippen LogP contribution in [0.3, 0.4) is 0 Å². The van der Waals surface area contributed by atoms with Gasteiger partial charge < -0.3 is 4.57 Å². The third-order valence-corrected chi connectivity index (χ3v) is 3.73. The third-order valence-electron chi connectivity index (χ3n) is 2.58. The van der Waals surface area contributed by atoms with E-state index < -0.39 is 0 Å². The van der Waals surface area contributed by atoms with Crippen molar-refractivity contribution in [1.82, 2.24) is 19.7 Å². The highest BCUT2D eigenvalue weighted by Gasteiger charge is 2.03. The van der Waals surface area contributed by atoms with Crippen LogP contribution >= 0.6 is 23.6 Å². The second-order valence-electron chi connectivity index (χ2n) is 3.68. The van der Waals surface area contributed by atoms with E-state index in [0.29, 0.717) is 0 Å². The molecule has 4 nitrogen and oxygen atoms in total. The second kappa shape index (κ2) is 4.38. The van der Waals surface area contributed by atoms with Gasteiger partial charge in [0.2, 0.25) is 0 Å². The fourth-order valence-electron chi connectivity index (χ4n) is 1.77. The lowest BCUT2D eigenvalue weighted by Gasteiger charge is -2.01. The van der Waals surface area contributed by atoms with Gasteiger partial charge in [-0.2, -0.15) is 5.10 Å². The Morgan fingerprint density at radius 3 is 3.06 bits per heavy atom. The molecule has 1 N–H and O–H groups in total. The Morgan fingerprint density at radius 1 is 1.35 bits per heavy atom. The van der Waals surface area contributed by atoms with Crippen molar-refractivity contribution in [2.75, 3.05) is 0 Å². The fraction of sp³-hybridized carbons (Fsp3) is 0.182. The monoisotopic (exact) mass is 262 g/mol. The van der Waals surface area contributed by atoms with Crippen LogP contribution in [0, 0.1) is 3.95 Å². The summed E-state index contributed by atoms with van der Waals surface area (Å²) in [5.74, 6) is 0. The minimum atomic E-state index is 0.732. The maximum absolute atomic E-state index is 5.01. The molecule has 0 saturated carbocycles. The minimum absolute atomic E-state index is 0.732. The lowest BCUT2D eigenvalue weighted by atomic mass is 10.3. The van der Waals surface area contributed by atoms with E-state index >= 15 is 0 Å². The molecule has 2 heterocycles. The van der Waals surface area contributed by atoms with Gasteiger partial charge in [-0.25, -0.2) is 4.98 Å². The van der Waals surface area contributed by atoms with Crippen LogP contribution in [0.2, 0.25) is 0 Å². The number of hydrogen-bond acceptors (Lipinski definition) is 4. The predicted octanol–water partition coefficient (Wildman–Crippen LogP) is 2.79. The van der Waals surface area contributed by atoms with Gasteiger partial charge >= 0.3 is 0 Å². The number of aromatic nitrogens is 4. The summed E-state index contributed by atoms with van der Waals surface area (Å²) in [6.45, 7) is 0.872. The van der Waals surface area contributed by atoms with Crippen molar-refractivity contribution in [3.05, 3.63) is 39.6 Å². The lowest BCUT2D eigenvalue weighted by Crippen LogP contribution is -1.99. The van der Waals surface area contributed by atoms with Crippen molar-refractivity contribution in [3.63, 3.8) is 0 Å². The molecule has 0 radical (unpaired) electrons. The van der Waals surface area contributed by atoms with E-state index in [4.69, 9.17) is 12.2 Å². The number of benzene rings is 1. The molecule has 1 aromatic carbocycles. The van der Waals surface area contributed by atoms with E-state index in [1.807, 2.05) is 24.5 Å². The first-order valence-corrected chi connectivity index (χ1v) is 6.50. The molecule has 0 aliphatic rings. The molecule has 0 fully saturated rings. The molecule has 6 heteroatoms. The van der Waals surface area contributed by atoms with Crippen molar-refractivity contribution >= 4 is 34.6 Å². The van der Waals surface area contributed by atoms with E-state index in [-0.39, 0.29) is 0 Å². The summed E-state index contributed by atoms with van der Waals surface area (Å²) in [5, 5.41) is 7.98. The van der Waals surface area contributed by atoms with Crippen LogP contribution in [0.15, 0.2) is 30.6 Å². The molecular formula is C11H10N4S2. The van der Waals surface area contributed by atoms with E-state index in [2.05, 4.69) is 25.8 Å². The topological polar surface area (TPSA) is 46.5 Å². The van der Waals surface area contributed by atoms with Crippen LogP contribution in [0.1, 0.15) is 5.01 Å². The Bertz CT molecular complexity index is 694. The Labute approximate surface area is 107 Å². The van der Waals surface area contributed by atoms with Crippen LogP contribution in [0.5, 0.6) is 0 Å². The van der Waals surface area contributed by atoms with Gasteiger partial charge in [-0.05, 0) is 24.4 Å². The number of nitrogens with zero attached hydrogens (tertiary/aromatic N) is 3. The SMILES string of the molecule is S=c1[nH]nc(CCn2cnc3ccccc32)s1. The number of aromatic amines is 1. The fourth-order valence-corrected chi connectivity index (χ4v) is 2.70. The number of fused-ring (bicyclic) bond motifs is 1. The number of H-pyrrole nitrogens is 1. The summed E-state index contributed by atoms with van der Waals surface area (Å²) in [4.78, 5) is 4.35. The smallest absolute Gasteiger partial charge is 0.176 e. The summed E-state index contributed by atoms with van der Waals surface area (Å²) in [6, 6.07) is 8.12. The zero-order valence-electron chi connectivity index (χ0n) is 8.96. The molecule has 0 unspecified atom stereocenters. The van der Waals surface area contributed by atoms with E-state index in [1.165, 1.54) is 11.3 Å². The van der Waals surface area contributed by atoms with Crippen LogP contribution in [-0.4, -0.2) is 19.7 Å². The van der Waals surface area contributed by atoms with Gasteiger partial charge in [0, 0.05) is 13.0 Å². The van der Waals surface area contributed by atoms with Crippen LogP contribution in [-0.2, 0) is 13.0 Å². The highest BCUT2D eigenvalue weighted by Crippen LogP contribution is 2.13. The number of rotatable bonds is 3. The summed E-state index contributed by atoms with van der Waals surface area (Å²) in [5.41, 5.74) is 2.19. The summed E-state index contributed by atoms with van der Waals surface area (Å²) >= 11 is 6.53. The number of para-hydroxylation sites is 2. The first-order chi connectivity index (χ1) is 8.33. The molecule has 0 aliphatic carbocycles. The van der Waals surface area contributed by atoms with Gasteiger partial charge in [0.1, 0.15) is 5.01 Å². The lowest BCUT2D eigenvalue weighted by molar-refractivity contribution is 0.707. The highest BCUT2D eigenvalue weighted by atomic mass is 32.1. The second-order valence-corrected chi connectivity index (χ2v) is 5.43. The Kier molecular flexibility index (Phi) is 2.74. The van der Waals surface area contributed by atoms with Gasteiger partial charge in [-0.3, -0.25) is 5.10 Å². The van der Waals surface area contributed by atoms with Crippen molar-refractivity contribution < 1.29 is 0 Å². The van der Waals surface area contributed by atoms with E-state index in [0.717, 1.165) is 33.0 Å². The summed E-state index contributed by atoms with van der Waals surface area (Å²) < 4.78 is 2.87. The molecular weight excluding hydrogens is 252 g/mol. The number of nitrogens with one attached hydrogen (secondary N) is 1. The average Bonchev–Trinajstić information content (AvgIpc) is 2.93. The molecule has 0 spiro atoms. The zero-order valence-corrected chi connectivity index (χ0v) is 10.6. The number of hydrogen-bond donors (Lipinski definition) is 1. The van der Waals surface area contributed by atoms with Gasteiger partial charge in [0.25, 0.3) is 0 Å². The highest BCUT2D eigenvalue weighted by molar-refractivity contribution is 7.73. The van der Waals surface area contributed by atoms with E-state index in [1.54, 1.807) is 0 Å². The minimum Gasteiger partial charge on any atom is -0.330 e. The molecule has 0 aliphatic heterocycles. The predicted molar refractivity (Wildman–Crippen MR) is 70.7 cm³/mol. The standard InChI is InChI=1S/C11H10N4S2/c16-11-14-13-10(17-11)5-6-15-7-12-8-3-1-2-4-9(8)15/h1-4,7H,5-6H2,(H,14,16). The Morgan fingerprint density at radius 2 is 2.24 bits per heavy atom.